The first kappa shape index (κ1) is 20.3. The molecule has 0 radical (unpaired) electrons. The standard InChI is InChI=1S/C25H26N4O3/c30-23-21-11-4-5-12-22(21)25(32)29(26-23)20-10-6-7-18(17-20)24(31)28-15-13-27(14-16-28)19-8-2-1-3-9-19/h1-10,17,21-22H,11-16H2,(H,26,30). The molecule has 164 valence electrons. The molecule has 7 nitrogen and oxygen atoms in total. The van der Waals surface area contributed by atoms with Gasteiger partial charge in [0.05, 0.1) is 17.5 Å². The van der Waals surface area contributed by atoms with E-state index in [2.05, 4.69) is 22.5 Å². The summed E-state index contributed by atoms with van der Waals surface area (Å²) in [4.78, 5) is 42.9. The molecule has 0 spiro atoms. The number of carbonyl (C=O) groups is 3. The van der Waals surface area contributed by atoms with E-state index >= 15 is 0 Å². The Morgan fingerprint density at radius 2 is 1.50 bits per heavy atom. The van der Waals surface area contributed by atoms with Crippen LogP contribution in [0.5, 0.6) is 0 Å². The number of carbonyl (C=O) groups excluding carboxylic acids is 3. The highest BCUT2D eigenvalue weighted by atomic mass is 16.2. The molecule has 1 N–H and O–H groups in total. The molecular weight excluding hydrogens is 404 g/mol. The molecule has 2 saturated heterocycles. The summed E-state index contributed by atoms with van der Waals surface area (Å²) in [5.74, 6) is -0.991. The van der Waals surface area contributed by atoms with Crippen molar-refractivity contribution in [3.8, 4) is 0 Å². The molecule has 2 aromatic rings. The number of nitrogens with one attached hydrogen (secondary N) is 1. The lowest BCUT2D eigenvalue weighted by Gasteiger charge is -2.38. The van der Waals surface area contributed by atoms with Gasteiger partial charge in [-0.15, -0.1) is 0 Å². The van der Waals surface area contributed by atoms with Crippen LogP contribution in [0.2, 0.25) is 0 Å². The molecule has 2 atom stereocenters. The van der Waals surface area contributed by atoms with E-state index < -0.39 is 0 Å². The molecule has 7 heteroatoms. The van der Waals surface area contributed by atoms with Gasteiger partial charge in [-0.05, 0) is 43.2 Å². The van der Waals surface area contributed by atoms with Gasteiger partial charge < -0.3 is 9.80 Å². The van der Waals surface area contributed by atoms with E-state index in [0.29, 0.717) is 37.2 Å². The monoisotopic (exact) mass is 430 g/mol. The van der Waals surface area contributed by atoms with Crippen molar-refractivity contribution in [1.82, 2.24) is 10.3 Å². The molecule has 2 fully saturated rings. The minimum atomic E-state index is -0.348. The fourth-order valence-electron chi connectivity index (χ4n) is 4.75. The SMILES string of the molecule is O=C1NN(c2cccc(C(=O)N3CCN(c4ccccc4)CC3)c2)C(=O)C2CC=CCC12. The zero-order chi connectivity index (χ0) is 22.1. The summed E-state index contributed by atoms with van der Waals surface area (Å²) >= 11 is 0. The topological polar surface area (TPSA) is 73.0 Å². The summed E-state index contributed by atoms with van der Waals surface area (Å²) in [6, 6.07) is 17.2. The Morgan fingerprint density at radius 1 is 0.812 bits per heavy atom. The summed E-state index contributed by atoms with van der Waals surface area (Å²) in [7, 11) is 0. The first-order chi connectivity index (χ1) is 15.6. The predicted molar refractivity (Wildman–Crippen MR) is 122 cm³/mol. The third kappa shape index (κ3) is 3.75. The van der Waals surface area contributed by atoms with E-state index in [1.54, 1.807) is 24.3 Å². The number of allylic oxidation sites excluding steroid dienone is 2. The van der Waals surface area contributed by atoms with Crippen LogP contribution in [-0.4, -0.2) is 48.8 Å². The average Bonchev–Trinajstić information content (AvgIpc) is 2.86. The molecule has 2 aromatic carbocycles. The second-order valence-electron chi connectivity index (χ2n) is 8.47. The number of hydrazine groups is 1. The normalized spacial score (nSPS) is 23.1. The van der Waals surface area contributed by atoms with Crippen LogP contribution in [0.4, 0.5) is 11.4 Å². The zero-order valence-electron chi connectivity index (χ0n) is 17.8. The maximum atomic E-state index is 13.2. The van der Waals surface area contributed by atoms with Crippen LogP contribution in [0.15, 0.2) is 66.7 Å². The molecule has 5 rings (SSSR count). The summed E-state index contributed by atoms with van der Waals surface area (Å²) < 4.78 is 0. The number of fused-ring (bicyclic) bond motifs is 1. The predicted octanol–water partition coefficient (Wildman–Crippen LogP) is 2.61. The van der Waals surface area contributed by atoms with Crippen molar-refractivity contribution in [2.24, 2.45) is 11.8 Å². The molecule has 0 aromatic heterocycles. The molecule has 32 heavy (non-hydrogen) atoms. The second-order valence-corrected chi connectivity index (χ2v) is 8.47. The molecule has 2 aliphatic heterocycles. The van der Waals surface area contributed by atoms with Crippen LogP contribution in [0.1, 0.15) is 23.2 Å². The average molecular weight is 431 g/mol. The molecule has 3 amide bonds. The quantitative estimate of drug-likeness (QED) is 0.760. The summed E-state index contributed by atoms with van der Waals surface area (Å²) in [5, 5.41) is 1.31. The smallest absolute Gasteiger partial charge is 0.254 e. The van der Waals surface area contributed by atoms with Crippen LogP contribution in [-0.2, 0) is 9.59 Å². The van der Waals surface area contributed by atoms with Gasteiger partial charge in [0.2, 0.25) is 11.8 Å². The Labute approximate surface area is 187 Å². The second kappa shape index (κ2) is 8.49. The molecule has 2 heterocycles. The van der Waals surface area contributed by atoms with Gasteiger partial charge >= 0.3 is 0 Å². The Balaban J connectivity index is 1.29. The lowest BCUT2D eigenvalue weighted by atomic mass is 9.80. The van der Waals surface area contributed by atoms with Gasteiger partial charge in [-0.2, -0.15) is 0 Å². The number of hydrogen-bond acceptors (Lipinski definition) is 4. The van der Waals surface area contributed by atoms with Crippen molar-refractivity contribution >= 4 is 29.1 Å². The fraction of sp³-hybridized carbons (Fsp3) is 0.320. The first-order valence-corrected chi connectivity index (χ1v) is 11.1. The van der Waals surface area contributed by atoms with E-state index in [1.807, 2.05) is 35.3 Å². The molecule has 0 bridgehead atoms. The van der Waals surface area contributed by atoms with Gasteiger partial charge in [0.15, 0.2) is 0 Å². The summed E-state index contributed by atoms with van der Waals surface area (Å²) in [5.41, 5.74) is 4.93. The van der Waals surface area contributed by atoms with Crippen molar-refractivity contribution in [1.29, 1.82) is 0 Å². The number of nitrogens with zero attached hydrogens (tertiary/aromatic N) is 3. The minimum absolute atomic E-state index is 0.0613. The van der Waals surface area contributed by atoms with Gasteiger partial charge in [0.25, 0.3) is 5.91 Å². The Kier molecular flexibility index (Phi) is 5.39. The fourth-order valence-corrected chi connectivity index (χ4v) is 4.75. The van der Waals surface area contributed by atoms with Gasteiger partial charge in [-0.25, -0.2) is 5.01 Å². The number of piperazine rings is 1. The number of para-hydroxylation sites is 1. The molecule has 3 aliphatic rings. The van der Waals surface area contributed by atoms with E-state index in [4.69, 9.17) is 0 Å². The molecule has 0 saturated carbocycles. The van der Waals surface area contributed by atoms with Gasteiger partial charge in [-0.3, -0.25) is 19.8 Å². The van der Waals surface area contributed by atoms with E-state index in [-0.39, 0.29) is 29.6 Å². The summed E-state index contributed by atoms with van der Waals surface area (Å²) in [6.07, 6.45) is 5.08. The lowest BCUT2D eigenvalue weighted by Crippen LogP contribution is -2.59. The first-order valence-electron chi connectivity index (χ1n) is 11.1. The third-order valence-corrected chi connectivity index (χ3v) is 6.57. The van der Waals surface area contributed by atoms with E-state index in [9.17, 15) is 14.4 Å². The molecule has 2 unspecified atom stereocenters. The number of amides is 3. The maximum Gasteiger partial charge on any atom is 0.254 e. The lowest BCUT2D eigenvalue weighted by molar-refractivity contribution is -0.139. The highest BCUT2D eigenvalue weighted by Gasteiger charge is 2.42. The highest BCUT2D eigenvalue weighted by Crippen LogP contribution is 2.32. The Hall–Kier alpha value is -3.61. The van der Waals surface area contributed by atoms with E-state index in [1.165, 1.54) is 5.01 Å². The number of anilines is 2. The van der Waals surface area contributed by atoms with Crippen molar-refractivity contribution < 1.29 is 14.4 Å². The number of hydrogen-bond donors (Lipinski definition) is 1. The van der Waals surface area contributed by atoms with Gasteiger partial charge in [0.1, 0.15) is 0 Å². The Morgan fingerprint density at radius 3 is 2.25 bits per heavy atom. The summed E-state index contributed by atoms with van der Waals surface area (Å²) in [6.45, 7) is 2.81. The van der Waals surface area contributed by atoms with Crippen LogP contribution in [0.25, 0.3) is 0 Å². The third-order valence-electron chi connectivity index (χ3n) is 6.57. The minimum Gasteiger partial charge on any atom is -0.368 e. The maximum absolute atomic E-state index is 13.2. The van der Waals surface area contributed by atoms with Crippen LogP contribution < -0.4 is 15.3 Å². The Bertz CT molecular complexity index is 1060. The molecular formula is C25H26N4O3. The van der Waals surface area contributed by atoms with Crippen molar-refractivity contribution in [2.45, 2.75) is 12.8 Å². The van der Waals surface area contributed by atoms with Crippen LogP contribution >= 0.6 is 0 Å². The largest absolute Gasteiger partial charge is 0.368 e. The highest BCUT2D eigenvalue weighted by molar-refractivity contribution is 6.05. The van der Waals surface area contributed by atoms with Crippen molar-refractivity contribution in [2.75, 3.05) is 36.1 Å². The van der Waals surface area contributed by atoms with Crippen LogP contribution in [0, 0.1) is 11.8 Å². The van der Waals surface area contributed by atoms with Gasteiger partial charge in [0, 0.05) is 37.4 Å². The van der Waals surface area contributed by atoms with Crippen LogP contribution in [0.3, 0.4) is 0 Å². The van der Waals surface area contributed by atoms with Crippen molar-refractivity contribution in [3.63, 3.8) is 0 Å². The zero-order valence-corrected chi connectivity index (χ0v) is 17.8. The number of rotatable bonds is 3. The number of benzene rings is 2. The van der Waals surface area contributed by atoms with Crippen molar-refractivity contribution in [3.05, 3.63) is 72.3 Å². The van der Waals surface area contributed by atoms with Gasteiger partial charge in [-0.1, -0.05) is 36.4 Å². The van der Waals surface area contributed by atoms with E-state index in [0.717, 1.165) is 18.8 Å². The molecule has 1 aliphatic carbocycles.